The van der Waals surface area contributed by atoms with E-state index in [1.165, 1.54) is 25.9 Å². The topological polar surface area (TPSA) is 44.4 Å². The summed E-state index contributed by atoms with van der Waals surface area (Å²) in [4.78, 5) is 14.9. The first kappa shape index (κ1) is 15.8. The van der Waals surface area contributed by atoms with Crippen LogP contribution in [0.2, 0.25) is 0 Å². The third kappa shape index (κ3) is 3.53. The Balaban J connectivity index is 1.74. The van der Waals surface area contributed by atoms with Crippen molar-refractivity contribution in [1.29, 1.82) is 0 Å². The van der Waals surface area contributed by atoms with Gasteiger partial charge >= 0.3 is 0 Å². The number of nitrogens with zero attached hydrogens (tertiary/aromatic N) is 1. The Kier molecular flexibility index (Phi) is 5.44. The normalized spacial score (nSPS) is 29.0. The minimum absolute atomic E-state index is 0.174. The minimum Gasteiger partial charge on any atom is -0.356 e. The van der Waals surface area contributed by atoms with Crippen LogP contribution in [0, 0.1) is 17.3 Å². The molecule has 0 bridgehead atoms. The fourth-order valence-corrected chi connectivity index (χ4v) is 3.58. The second-order valence-corrected chi connectivity index (χ2v) is 7.03. The Bertz CT molecular complexity index is 316. The molecule has 0 aromatic rings. The van der Waals surface area contributed by atoms with Crippen molar-refractivity contribution in [1.82, 2.24) is 15.5 Å². The van der Waals surface area contributed by atoms with Gasteiger partial charge in [0.1, 0.15) is 0 Å². The van der Waals surface area contributed by atoms with Crippen molar-refractivity contribution < 1.29 is 4.79 Å². The third-order valence-corrected chi connectivity index (χ3v) is 5.42. The molecule has 1 unspecified atom stereocenters. The SMILES string of the molecule is CC(C)C1(C(=O)NCCC2CCN(C)CC2)CCNC1. The molecule has 1 amide bonds. The molecule has 0 aliphatic carbocycles. The van der Waals surface area contributed by atoms with E-state index in [1.54, 1.807) is 0 Å². The first-order chi connectivity index (χ1) is 9.54. The molecular weight excluding hydrogens is 250 g/mol. The lowest BCUT2D eigenvalue weighted by molar-refractivity contribution is -0.132. The Labute approximate surface area is 123 Å². The highest BCUT2D eigenvalue weighted by Gasteiger charge is 2.43. The van der Waals surface area contributed by atoms with Crippen molar-refractivity contribution in [2.75, 3.05) is 39.8 Å². The van der Waals surface area contributed by atoms with Crippen molar-refractivity contribution in [3.8, 4) is 0 Å². The Morgan fingerprint density at radius 1 is 1.40 bits per heavy atom. The summed E-state index contributed by atoms with van der Waals surface area (Å²) >= 11 is 0. The molecule has 0 aromatic heterocycles. The van der Waals surface area contributed by atoms with Crippen LogP contribution in [0.25, 0.3) is 0 Å². The second-order valence-electron chi connectivity index (χ2n) is 7.03. The van der Waals surface area contributed by atoms with Gasteiger partial charge in [0.2, 0.25) is 5.91 Å². The second kappa shape index (κ2) is 6.90. The summed E-state index contributed by atoms with van der Waals surface area (Å²) in [5, 5.41) is 6.57. The van der Waals surface area contributed by atoms with Gasteiger partial charge in [0.15, 0.2) is 0 Å². The summed E-state index contributed by atoms with van der Waals surface area (Å²) < 4.78 is 0. The Morgan fingerprint density at radius 3 is 2.65 bits per heavy atom. The average Bonchev–Trinajstić information content (AvgIpc) is 2.91. The quantitative estimate of drug-likeness (QED) is 0.802. The van der Waals surface area contributed by atoms with Crippen molar-refractivity contribution in [2.24, 2.45) is 17.3 Å². The zero-order chi connectivity index (χ0) is 14.6. The maximum atomic E-state index is 12.5. The lowest BCUT2D eigenvalue weighted by Gasteiger charge is -2.32. The van der Waals surface area contributed by atoms with Gasteiger partial charge in [-0.2, -0.15) is 0 Å². The van der Waals surface area contributed by atoms with E-state index in [0.29, 0.717) is 5.92 Å². The molecule has 0 aromatic carbocycles. The van der Waals surface area contributed by atoms with Crippen LogP contribution in [-0.2, 0) is 4.79 Å². The van der Waals surface area contributed by atoms with Crippen LogP contribution in [0.3, 0.4) is 0 Å². The van der Waals surface area contributed by atoms with E-state index in [4.69, 9.17) is 0 Å². The minimum atomic E-state index is -0.174. The molecule has 0 saturated carbocycles. The van der Waals surface area contributed by atoms with Gasteiger partial charge in [-0.15, -0.1) is 0 Å². The van der Waals surface area contributed by atoms with Crippen LogP contribution in [0.15, 0.2) is 0 Å². The summed E-state index contributed by atoms with van der Waals surface area (Å²) in [6.07, 6.45) is 4.68. The predicted octanol–water partition coefficient (Wildman–Crippen LogP) is 1.47. The van der Waals surface area contributed by atoms with Gasteiger partial charge in [0.05, 0.1) is 5.41 Å². The number of carbonyl (C=O) groups excluding carboxylic acids is 1. The zero-order valence-electron chi connectivity index (χ0n) is 13.4. The van der Waals surface area contributed by atoms with E-state index in [9.17, 15) is 4.79 Å². The smallest absolute Gasteiger partial charge is 0.227 e. The molecule has 116 valence electrons. The van der Waals surface area contributed by atoms with Gasteiger partial charge in [-0.25, -0.2) is 0 Å². The average molecular weight is 281 g/mol. The number of amides is 1. The lowest BCUT2D eigenvalue weighted by Crippen LogP contribution is -2.46. The summed E-state index contributed by atoms with van der Waals surface area (Å²) in [6.45, 7) is 9.41. The van der Waals surface area contributed by atoms with Crippen LogP contribution >= 0.6 is 0 Å². The van der Waals surface area contributed by atoms with E-state index >= 15 is 0 Å². The number of hydrogen-bond acceptors (Lipinski definition) is 3. The van der Waals surface area contributed by atoms with Gasteiger partial charge in [-0.05, 0) is 64.2 Å². The van der Waals surface area contributed by atoms with Crippen LogP contribution in [0.5, 0.6) is 0 Å². The molecule has 2 fully saturated rings. The molecule has 4 heteroatoms. The summed E-state index contributed by atoms with van der Waals surface area (Å²) in [6, 6.07) is 0. The van der Waals surface area contributed by atoms with E-state index in [0.717, 1.165) is 38.4 Å². The molecule has 2 N–H and O–H groups in total. The molecule has 4 nitrogen and oxygen atoms in total. The van der Waals surface area contributed by atoms with E-state index in [-0.39, 0.29) is 11.3 Å². The van der Waals surface area contributed by atoms with E-state index in [2.05, 4.69) is 36.4 Å². The van der Waals surface area contributed by atoms with Crippen molar-refractivity contribution in [3.05, 3.63) is 0 Å². The number of nitrogens with one attached hydrogen (secondary N) is 2. The fraction of sp³-hybridized carbons (Fsp3) is 0.938. The molecule has 2 heterocycles. The zero-order valence-corrected chi connectivity index (χ0v) is 13.4. The fourth-order valence-electron chi connectivity index (χ4n) is 3.58. The molecule has 0 radical (unpaired) electrons. The van der Waals surface area contributed by atoms with Gasteiger partial charge in [0.25, 0.3) is 0 Å². The Hall–Kier alpha value is -0.610. The van der Waals surface area contributed by atoms with Gasteiger partial charge in [0, 0.05) is 13.1 Å². The summed E-state index contributed by atoms with van der Waals surface area (Å²) in [7, 11) is 2.19. The monoisotopic (exact) mass is 281 g/mol. The molecule has 2 aliphatic rings. The van der Waals surface area contributed by atoms with Crippen LogP contribution in [0.1, 0.15) is 39.5 Å². The largest absolute Gasteiger partial charge is 0.356 e. The molecule has 1 atom stereocenters. The molecular formula is C16H31N3O. The highest BCUT2D eigenvalue weighted by molar-refractivity contribution is 5.83. The molecule has 2 rings (SSSR count). The maximum Gasteiger partial charge on any atom is 0.227 e. The number of carbonyl (C=O) groups is 1. The molecule has 2 aliphatic heterocycles. The molecule has 0 spiro atoms. The summed E-state index contributed by atoms with van der Waals surface area (Å²) in [5.41, 5.74) is -0.174. The Morgan fingerprint density at radius 2 is 2.10 bits per heavy atom. The highest BCUT2D eigenvalue weighted by atomic mass is 16.2. The predicted molar refractivity (Wildman–Crippen MR) is 82.6 cm³/mol. The van der Waals surface area contributed by atoms with E-state index < -0.39 is 0 Å². The maximum absolute atomic E-state index is 12.5. The third-order valence-electron chi connectivity index (χ3n) is 5.42. The van der Waals surface area contributed by atoms with Crippen molar-refractivity contribution in [3.63, 3.8) is 0 Å². The van der Waals surface area contributed by atoms with Crippen LogP contribution in [-0.4, -0.2) is 50.6 Å². The first-order valence-electron chi connectivity index (χ1n) is 8.22. The van der Waals surface area contributed by atoms with Gasteiger partial charge < -0.3 is 15.5 Å². The molecule has 20 heavy (non-hydrogen) atoms. The van der Waals surface area contributed by atoms with E-state index in [1.807, 2.05) is 0 Å². The van der Waals surface area contributed by atoms with Crippen molar-refractivity contribution >= 4 is 5.91 Å². The number of piperidine rings is 1. The van der Waals surface area contributed by atoms with Gasteiger partial charge in [-0.3, -0.25) is 4.79 Å². The lowest BCUT2D eigenvalue weighted by atomic mass is 9.75. The number of rotatable bonds is 5. The van der Waals surface area contributed by atoms with Crippen LogP contribution in [0.4, 0.5) is 0 Å². The number of hydrogen-bond donors (Lipinski definition) is 2. The standard InChI is InChI=1S/C16H31N3O/c1-13(2)16(7-9-17-12-16)15(20)18-8-4-14-5-10-19(3)11-6-14/h13-14,17H,4-12H2,1-3H3,(H,18,20). The number of likely N-dealkylation sites (tertiary alicyclic amines) is 1. The highest BCUT2D eigenvalue weighted by Crippen LogP contribution is 2.34. The molecule has 2 saturated heterocycles. The first-order valence-corrected chi connectivity index (χ1v) is 8.22. The van der Waals surface area contributed by atoms with Crippen molar-refractivity contribution in [2.45, 2.75) is 39.5 Å². The summed E-state index contributed by atoms with van der Waals surface area (Å²) in [5.74, 6) is 1.47. The van der Waals surface area contributed by atoms with Crippen LogP contribution < -0.4 is 10.6 Å². The van der Waals surface area contributed by atoms with Gasteiger partial charge in [-0.1, -0.05) is 13.8 Å².